The second-order valence-corrected chi connectivity index (χ2v) is 2.38. The molecule has 0 saturated carbocycles. The summed E-state index contributed by atoms with van der Waals surface area (Å²) in [4.78, 5) is 21.4. The van der Waals surface area contributed by atoms with Crippen molar-refractivity contribution in [1.82, 2.24) is 10.6 Å². The van der Waals surface area contributed by atoms with Crippen molar-refractivity contribution in [2.45, 2.75) is 18.9 Å². The highest BCUT2D eigenvalue weighted by atomic mass is 16.2. The van der Waals surface area contributed by atoms with E-state index in [1.165, 1.54) is 0 Å². The number of rotatable bonds is 3. The van der Waals surface area contributed by atoms with Crippen LogP contribution >= 0.6 is 0 Å². The zero-order valence-electron chi connectivity index (χ0n) is 6.09. The Bertz CT molecular complexity index is 201. The molecule has 1 rings (SSSR count). The first-order valence-corrected chi connectivity index (χ1v) is 3.46. The second kappa shape index (κ2) is 3.18. The van der Waals surface area contributed by atoms with E-state index in [2.05, 4.69) is 17.2 Å². The van der Waals surface area contributed by atoms with Gasteiger partial charge in [0.05, 0.1) is 0 Å². The normalized spacial score (nSPS) is 22.7. The molecule has 1 saturated heterocycles. The summed E-state index contributed by atoms with van der Waals surface area (Å²) in [6, 6.07) is -0.760. The summed E-state index contributed by atoms with van der Waals surface area (Å²) >= 11 is 0. The average molecular weight is 154 g/mol. The molecule has 0 aromatic heterocycles. The maximum Gasteiger partial charge on any atom is 0.322 e. The molecule has 1 unspecified atom stereocenters. The molecule has 0 aromatic rings. The van der Waals surface area contributed by atoms with Crippen molar-refractivity contribution in [2.75, 3.05) is 0 Å². The zero-order valence-corrected chi connectivity index (χ0v) is 6.09. The first-order valence-electron chi connectivity index (χ1n) is 3.46. The van der Waals surface area contributed by atoms with Crippen molar-refractivity contribution in [3.63, 3.8) is 0 Å². The van der Waals surface area contributed by atoms with Crippen molar-refractivity contribution < 1.29 is 9.59 Å². The highest BCUT2D eigenvalue weighted by Gasteiger charge is 2.27. The maximum absolute atomic E-state index is 10.9. The largest absolute Gasteiger partial charge is 0.326 e. The third kappa shape index (κ3) is 1.80. The Morgan fingerprint density at radius 1 is 1.55 bits per heavy atom. The number of carbonyl (C=O) groups excluding carboxylic acids is 2. The number of nitrogens with one attached hydrogen (secondary N) is 2. The van der Waals surface area contributed by atoms with Gasteiger partial charge in [0, 0.05) is 0 Å². The molecule has 0 aromatic carbocycles. The summed E-state index contributed by atoms with van der Waals surface area (Å²) in [5, 5.41) is 4.64. The van der Waals surface area contributed by atoms with Crippen LogP contribution in [0.15, 0.2) is 12.7 Å². The van der Waals surface area contributed by atoms with Gasteiger partial charge in [0.15, 0.2) is 0 Å². The second-order valence-electron chi connectivity index (χ2n) is 2.38. The topological polar surface area (TPSA) is 58.2 Å². The third-order valence-corrected chi connectivity index (χ3v) is 1.52. The fraction of sp³-hybridized carbons (Fsp3) is 0.429. The number of hydrogen-bond donors (Lipinski definition) is 2. The van der Waals surface area contributed by atoms with Gasteiger partial charge in [0.1, 0.15) is 6.04 Å². The van der Waals surface area contributed by atoms with Crippen LogP contribution in [-0.2, 0) is 4.79 Å². The first kappa shape index (κ1) is 7.78. The van der Waals surface area contributed by atoms with Crippen molar-refractivity contribution in [2.24, 2.45) is 0 Å². The Labute approximate surface area is 64.7 Å². The number of carbonyl (C=O) groups is 2. The Morgan fingerprint density at radius 3 is 2.73 bits per heavy atom. The van der Waals surface area contributed by atoms with Gasteiger partial charge in [-0.1, -0.05) is 6.08 Å². The van der Waals surface area contributed by atoms with Gasteiger partial charge >= 0.3 is 6.03 Å². The highest BCUT2D eigenvalue weighted by molar-refractivity contribution is 6.04. The van der Waals surface area contributed by atoms with Gasteiger partial charge < -0.3 is 5.32 Å². The number of amides is 3. The fourth-order valence-electron chi connectivity index (χ4n) is 0.947. The van der Waals surface area contributed by atoms with E-state index in [-0.39, 0.29) is 11.9 Å². The summed E-state index contributed by atoms with van der Waals surface area (Å²) in [5.41, 5.74) is 0. The Kier molecular flexibility index (Phi) is 2.25. The predicted octanol–water partition coefficient (Wildman–Crippen LogP) is 0.161. The van der Waals surface area contributed by atoms with Crippen molar-refractivity contribution in [3.05, 3.63) is 12.7 Å². The van der Waals surface area contributed by atoms with Gasteiger partial charge in [-0.05, 0) is 12.8 Å². The van der Waals surface area contributed by atoms with Gasteiger partial charge in [-0.2, -0.15) is 0 Å². The summed E-state index contributed by atoms with van der Waals surface area (Å²) in [5.74, 6) is -0.239. The molecule has 2 N–H and O–H groups in total. The van der Waals surface area contributed by atoms with Crippen molar-refractivity contribution >= 4 is 11.9 Å². The van der Waals surface area contributed by atoms with Crippen LogP contribution in [-0.4, -0.2) is 18.0 Å². The number of imide groups is 1. The van der Waals surface area contributed by atoms with E-state index in [0.29, 0.717) is 6.42 Å². The molecular weight excluding hydrogens is 144 g/mol. The monoisotopic (exact) mass is 154 g/mol. The molecule has 1 aliphatic rings. The number of allylic oxidation sites excluding steroid dienone is 1. The predicted molar refractivity (Wildman–Crippen MR) is 39.9 cm³/mol. The molecule has 1 atom stereocenters. The number of hydrogen-bond acceptors (Lipinski definition) is 2. The Morgan fingerprint density at radius 2 is 2.27 bits per heavy atom. The van der Waals surface area contributed by atoms with Crippen LogP contribution in [0.1, 0.15) is 12.8 Å². The van der Waals surface area contributed by atoms with Crippen LogP contribution in [0.2, 0.25) is 0 Å². The van der Waals surface area contributed by atoms with Gasteiger partial charge in [-0.15, -0.1) is 6.58 Å². The highest BCUT2D eigenvalue weighted by Crippen LogP contribution is 2.01. The molecule has 11 heavy (non-hydrogen) atoms. The molecular formula is C7H10N2O2. The van der Waals surface area contributed by atoms with Gasteiger partial charge in [-0.3, -0.25) is 10.1 Å². The fourth-order valence-corrected chi connectivity index (χ4v) is 0.947. The lowest BCUT2D eigenvalue weighted by Crippen LogP contribution is -2.28. The summed E-state index contributed by atoms with van der Waals surface area (Å²) < 4.78 is 0. The van der Waals surface area contributed by atoms with E-state index in [1.807, 2.05) is 0 Å². The van der Waals surface area contributed by atoms with E-state index in [0.717, 1.165) is 6.42 Å². The van der Waals surface area contributed by atoms with Gasteiger partial charge in [0.25, 0.3) is 5.91 Å². The SMILES string of the molecule is C=CCCC1NC(=O)NC1=O. The molecule has 0 radical (unpaired) electrons. The van der Waals surface area contributed by atoms with E-state index in [1.54, 1.807) is 6.08 Å². The first-order chi connectivity index (χ1) is 5.24. The van der Waals surface area contributed by atoms with Crippen LogP contribution in [0.5, 0.6) is 0 Å². The van der Waals surface area contributed by atoms with Crippen LogP contribution in [0.4, 0.5) is 4.79 Å². The zero-order chi connectivity index (χ0) is 8.27. The maximum atomic E-state index is 10.9. The van der Waals surface area contributed by atoms with Crippen LogP contribution in [0.3, 0.4) is 0 Å². The molecule has 0 aliphatic carbocycles. The molecule has 4 nitrogen and oxygen atoms in total. The lowest BCUT2D eigenvalue weighted by molar-refractivity contribution is -0.120. The lowest BCUT2D eigenvalue weighted by atomic mass is 10.1. The van der Waals surface area contributed by atoms with Crippen molar-refractivity contribution in [1.29, 1.82) is 0 Å². The number of urea groups is 1. The third-order valence-electron chi connectivity index (χ3n) is 1.52. The molecule has 3 amide bonds. The Balaban J connectivity index is 2.40. The van der Waals surface area contributed by atoms with Gasteiger partial charge in [0.2, 0.25) is 0 Å². The van der Waals surface area contributed by atoms with E-state index in [9.17, 15) is 9.59 Å². The van der Waals surface area contributed by atoms with E-state index in [4.69, 9.17) is 0 Å². The molecule has 0 spiro atoms. The molecule has 1 aliphatic heterocycles. The Hall–Kier alpha value is -1.32. The van der Waals surface area contributed by atoms with Crippen LogP contribution in [0.25, 0.3) is 0 Å². The molecule has 1 heterocycles. The molecule has 0 bridgehead atoms. The average Bonchev–Trinajstić information content (AvgIpc) is 2.26. The minimum absolute atomic E-state index is 0.239. The molecule has 1 fully saturated rings. The van der Waals surface area contributed by atoms with E-state index >= 15 is 0 Å². The minimum atomic E-state index is -0.399. The summed E-state index contributed by atoms with van der Waals surface area (Å²) in [6.07, 6.45) is 3.08. The lowest BCUT2D eigenvalue weighted by Gasteiger charge is -2.02. The smallest absolute Gasteiger partial charge is 0.322 e. The van der Waals surface area contributed by atoms with Crippen molar-refractivity contribution in [3.8, 4) is 0 Å². The summed E-state index contributed by atoms with van der Waals surface area (Å²) in [7, 11) is 0. The van der Waals surface area contributed by atoms with Crippen LogP contribution < -0.4 is 10.6 Å². The molecule has 60 valence electrons. The van der Waals surface area contributed by atoms with Gasteiger partial charge in [-0.25, -0.2) is 4.79 Å². The van der Waals surface area contributed by atoms with Crippen LogP contribution in [0, 0.1) is 0 Å². The minimum Gasteiger partial charge on any atom is -0.326 e. The summed E-state index contributed by atoms with van der Waals surface area (Å²) in [6.45, 7) is 3.52. The van der Waals surface area contributed by atoms with E-state index < -0.39 is 6.03 Å². The standard InChI is InChI=1S/C7H10N2O2/c1-2-3-4-5-6(10)9-7(11)8-5/h2,5H,1,3-4H2,(H2,8,9,10,11). The quantitative estimate of drug-likeness (QED) is 0.449. The molecule has 4 heteroatoms.